The van der Waals surface area contributed by atoms with Gasteiger partial charge in [0.25, 0.3) is 0 Å². The van der Waals surface area contributed by atoms with Gasteiger partial charge in [0, 0.05) is 6.61 Å². The van der Waals surface area contributed by atoms with Gasteiger partial charge in [-0.1, -0.05) is 17.7 Å². The normalized spacial score (nSPS) is 10.2. The zero-order valence-corrected chi connectivity index (χ0v) is 7.94. The smallest absolute Gasteiger partial charge is 0.129 e. The predicted octanol–water partition coefficient (Wildman–Crippen LogP) is 2.01. The van der Waals surface area contributed by atoms with E-state index in [0.717, 1.165) is 11.3 Å². The third-order valence-corrected chi connectivity index (χ3v) is 2.01. The number of halogens is 2. The first-order chi connectivity index (χ1) is 5.77. The predicted molar refractivity (Wildman–Crippen MR) is 49.6 cm³/mol. The number of hydrogen-bond donors (Lipinski definition) is 1. The van der Waals surface area contributed by atoms with Crippen LogP contribution in [0.5, 0.6) is 0 Å². The van der Waals surface area contributed by atoms with Crippen molar-refractivity contribution in [2.45, 2.75) is 12.3 Å². The molecule has 4 heteroatoms. The van der Waals surface area contributed by atoms with Gasteiger partial charge in [-0.05, 0) is 18.1 Å². The van der Waals surface area contributed by atoms with Crippen LogP contribution in [-0.2, 0) is 12.3 Å². The molecule has 1 N–H and O–H groups in total. The highest BCUT2D eigenvalue weighted by molar-refractivity contribution is 6.29. The Morgan fingerprint density at radius 3 is 2.75 bits per heavy atom. The Balaban J connectivity index is 2.94. The molecule has 1 heterocycles. The number of hydrogen-bond acceptors (Lipinski definition) is 2. The first kappa shape index (κ1) is 9.78. The van der Waals surface area contributed by atoms with Crippen molar-refractivity contribution in [1.29, 1.82) is 0 Å². The minimum Gasteiger partial charge on any atom is -0.396 e. The first-order valence-electron chi connectivity index (χ1n) is 3.59. The summed E-state index contributed by atoms with van der Waals surface area (Å²) in [6, 6.07) is 3.53. The summed E-state index contributed by atoms with van der Waals surface area (Å²) in [7, 11) is 0. The summed E-state index contributed by atoms with van der Waals surface area (Å²) in [5.41, 5.74) is 1.70. The maximum absolute atomic E-state index is 8.71. The van der Waals surface area contributed by atoms with Crippen molar-refractivity contribution in [1.82, 2.24) is 4.98 Å². The van der Waals surface area contributed by atoms with Crippen molar-refractivity contribution in [2.75, 3.05) is 6.61 Å². The van der Waals surface area contributed by atoms with Crippen LogP contribution in [0.4, 0.5) is 0 Å². The fraction of sp³-hybridized carbons (Fsp3) is 0.375. The largest absolute Gasteiger partial charge is 0.396 e. The van der Waals surface area contributed by atoms with Crippen LogP contribution in [0.25, 0.3) is 0 Å². The summed E-state index contributed by atoms with van der Waals surface area (Å²) < 4.78 is 0. The molecule has 0 radical (unpaired) electrons. The summed E-state index contributed by atoms with van der Waals surface area (Å²) in [6.07, 6.45) is 0.576. The second kappa shape index (κ2) is 4.65. The van der Waals surface area contributed by atoms with Crippen molar-refractivity contribution >= 4 is 23.2 Å². The fourth-order valence-electron chi connectivity index (χ4n) is 0.967. The van der Waals surface area contributed by atoms with E-state index in [1.807, 2.05) is 6.07 Å². The van der Waals surface area contributed by atoms with Crippen LogP contribution >= 0.6 is 23.2 Å². The summed E-state index contributed by atoms with van der Waals surface area (Å²) >= 11 is 11.3. The number of alkyl halides is 1. The van der Waals surface area contributed by atoms with Crippen molar-refractivity contribution < 1.29 is 5.11 Å². The lowest BCUT2D eigenvalue weighted by atomic mass is 10.1. The van der Waals surface area contributed by atoms with Gasteiger partial charge in [0.05, 0.1) is 11.6 Å². The summed E-state index contributed by atoms with van der Waals surface area (Å²) in [5.74, 6) is 0.329. The van der Waals surface area contributed by atoms with Crippen molar-refractivity contribution in [3.8, 4) is 0 Å². The number of pyridine rings is 1. The van der Waals surface area contributed by atoms with Crippen LogP contribution in [0.2, 0.25) is 5.15 Å². The molecule has 1 rings (SSSR count). The minimum atomic E-state index is 0.104. The Morgan fingerprint density at radius 1 is 1.42 bits per heavy atom. The summed E-state index contributed by atoms with van der Waals surface area (Å²) in [6.45, 7) is 0.104. The highest BCUT2D eigenvalue weighted by Crippen LogP contribution is 2.13. The lowest BCUT2D eigenvalue weighted by Gasteiger charge is -2.03. The number of aliphatic hydroxyl groups excluding tert-OH is 1. The monoisotopic (exact) mass is 205 g/mol. The number of nitrogens with zero attached hydrogens (tertiary/aromatic N) is 1. The molecule has 0 unspecified atom stereocenters. The average molecular weight is 206 g/mol. The molecule has 1 aromatic heterocycles. The van der Waals surface area contributed by atoms with Crippen molar-refractivity contribution in [2.24, 2.45) is 0 Å². The minimum absolute atomic E-state index is 0.104. The molecule has 0 aliphatic rings. The van der Waals surface area contributed by atoms with Gasteiger partial charge in [-0.2, -0.15) is 0 Å². The SMILES string of the molecule is OCCc1ccc(Cl)nc1CCl. The van der Waals surface area contributed by atoms with Crippen LogP contribution in [0.3, 0.4) is 0 Å². The molecule has 0 amide bonds. The van der Waals surface area contributed by atoms with E-state index in [0.29, 0.717) is 17.5 Å². The lowest BCUT2D eigenvalue weighted by Crippen LogP contribution is -1.98. The van der Waals surface area contributed by atoms with E-state index in [-0.39, 0.29) is 6.61 Å². The molecule has 1 aromatic rings. The van der Waals surface area contributed by atoms with E-state index >= 15 is 0 Å². The van der Waals surface area contributed by atoms with Crippen LogP contribution in [0, 0.1) is 0 Å². The lowest BCUT2D eigenvalue weighted by molar-refractivity contribution is 0.299. The van der Waals surface area contributed by atoms with Gasteiger partial charge in [-0.3, -0.25) is 0 Å². The van der Waals surface area contributed by atoms with Crippen molar-refractivity contribution in [3.63, 3.8) is 0 Å². The molecule has 0 atom stereocenters. The second-order valence-electron chi connectivity index (χ2n) is 2.35. The van der Waals surface area contributed by atoms with Gasteiger partial charge in [0.2, 0.25) is 0 Å². The van der Waals surface area contributed by atoms with Crippen molar-refractivity contribution in [3.05, 3.63) is 28.5 Å². The number of aromatic nitrogens is 1. The molecule has 0 bridgehead atoms. The maximum atomic E-state index is 8.71. The Kier molecular flexibility index (Phi) is 3.79. The topological polar surface area (TPSA) is 33.1 Å². The maximum Gasteiger partial charge on any atom is 0.129 e. The molecule has 0 saturated heterocycles. The zero-order valence-electron chi connectivity index (χ0n) is 6.43. The average Bonchev–Trinajstić information content (AvgIpc) is 2.08. The molecule has 2 nitrogen and oxygen atoms in total. The van der Waals surface area contributed by atoms with Crippen LogP contribution in [0.1, 0.15) is 11.3 Å². The third kappa shape index (κ3) is 2.34. The van der Waals surface area contributed by atoms with Gasteiger partial charge in [-0.25, -0.2) is 4.98 Å². The first-order valence-corrected chi connectivity index (χ1v) is 4.50. The zero-order chi connectivity index (χ0) is 8.97. The van der Waals surface area contributed by atoms with E-state index < -0.39 is 0 Å². The van der Waals surface area contributed by atoms with E-state index in [1.165, 1.54) is 0 Å². The molecular weight excluding hydrogens is 197 g/mol. The highest BCUT2D eigenvalue weighted by atomic mass is 35.5. The standard InChI is InChI=1S/C8H9Cl2NO/c9-5-7-6(3-4-12)1-2-8(10)11-7/h1-2,12H,3-5H2. The van der Waals surface area contributed by atoms with Crippen LogP contribution in [-0.4, -0.2) is 16.7 Å². The summed E-state index contributed by atoms with van der Waals surface area (Å²) in [4.78, 5) is 4.03. The molecule has 0 aliphatic heterocycles. The van der Waals surface area contributed by atoms with E-state index in [1.54, 1.807) is 6.07 Å². The molecular formula is C8H9Cl2NO. The molecule has 0 aromatic carbocycles. The van der Waals surface area contributed by atoms with Gasteiger partial charge in [0.1, 0.15) is 5.15 Å². The highest BCUT2D eigenvalue weighted by Gasteiger charge is 2.02. The molecule has 0 aliphatic carbocycles. The fourth-order valence-corrected chi connectivity index (χ4v) is 1.36. The van der Waals surface area contributed by atoms with E-state index in [9.17, 15) is 0 Å². The Hall–Kier alpha value is -0.310. The molecule has 0 spiro atoms. The number of rotatable bonds is 3. The molecule has 12 heavy (non-hydrogen) atoms. The summed E-state index contributed by atoms with van der Waals surface area (Å²) in [5, 5.41) is 9.14. The Bertz CT molecular complexity index is 265. The Morgan fingerprint density at radius 2 is 2.17 bits per heavy atom. The van der Waals surface area contributed by atoms with Gasteiger partial charge < -0.3 is 5.11 Å². The molecule has 66 valence electrons. The third-order valence-electron chi connectivity index (χ3n) is 1.54. The van der Waals surface area contributed by atoms with Crippen LogP contribution < -0.4 is 0 Å². The quantitative estimate of drug-likeness (QED) is 0.606. The Labute approximate surface area is 81.1 Å². The molecule has 0 fully saturated rings. The van der Waals surface area contributed by atoms with Crippen LogP contribution in [0.15, 0.2) is 12.1 Å². The van der Waals surface area contributed by atoms with Gasteiger partial charge in [-0.15, -0.1) is 11.6 Å². The van der Waals surface area contributed by atoms with E-state index in [2.05, 4.69) is 4.98 Å². The second-order valence-corrected chi connectivity index (χ2v) is 3.00. The van der Waals surface area contributed by atoms with Gasteiger partial charge in [0.15, 0.2) is 0 Å². The number of aliphatic hydroxyl groups is 1. The van der Waals surface area contributed by atoms with Gasteiger partial charge >= 0.3 is 0 Å². The van der Waals surface area contributed by atoms with E-state index in [4.69, 9.17) is 28.3 Å². The molecule has 0 saturated carbocycles.